The number of nitrogens with zero attached hydrogens (tertiary/aromatic N) is 4. The van der Waals surface area contributed by atoms with Crippen LogP contribution in [0, 0.1) is 5.41 Å². The summed E-state index contributed by atoms with van der Waals surface area (Å²) in [4.78, 5) is 17.7. The number of hydrogen-bond donors (Lipinski definition) is 4. The van der Waals surface area contributed by atoms with Crippen molar-refractivity contribution in [2.24, 2.45) is 7.05 Å². The maximum atomic E-state index is 13.0. The molecule has 1 aromatic carbocycles. The number of rotatable bonds is 6. The van der Waals surface area contributed by atoms with E-state index < -0.39 is 0 Å². The molecular formula is C20H18N8OS. The topological polar surface area (TPSA) is 128 Å². The first kappa shape index (κ1) is 18.3. The second kappa shape index (κ2) is 7.23. The van der Waals surface area contributed by atoms with Crippen LogP contribution in [0.3, 0.4) is 0 Å². The standard InChI is InChI=1S/C20H18N8OS/c1-28-17(20(29)22-9-11-3-2-4-15-14(11)10-24-27-15)13(8-21)18-19(28)25-16(30-18)7-12-5-6-23-26-12/h2-6,8,10,21H,7,9H2,1H3,(H,22,29)(H,23,26)(H,24,27). The van der Waals surface area contributed by atoms with Gasteiger partial charge < -0.3 is 15.3 Å². The maximum Gasteiger partial charge on any atom is 0.268 e. The number of aromatic nitrogens is 6. The molecule has 150 valence electrons. The Bertz CT molecular complexity index is 1370. The summed E-state index contributed by atoms with van der Waals surface area (Å²) in [7, 11) is 1.81. The molecule has 0 atom stereocenters. The molecule has 1 amide bonds. The van der Waals surface area contributed by atoms with E-state index in [1.807, 2.05) is 24.3 Å². The third kappa shape index (κ3) is 2.98. The number of thiazole rings is 1. The zero-order chi connectivity index (χ0) is 20.7. The Hall–Kier alpha value is -3.79. The van der Waals surface area contributed by atoms with Crippen LogP contribution in [0.15, 0.2) is 36.7 Å². The van der Waals surface area contributed by atoms with Gasteiger partial charge in [0, 0.05) is 49.1 Å². The highest BCUT2D eigenvalue weighted by Crippen LogP contribution is 2.30. The van der Waals surface area contributed by atoms with Crippen LogP contribution in [0.2, 0.25) is 0 Å². The predicted molar refractivity (Wildman–Crippen MR) is 115 cm³/mol. The Morgan fingerprint density at radius 1 is 1.30 bits per heavy atom. The first-order valence-electron chi connectivity index (χ1n) is 9.31. The van der Waals surface area contributed by atoms with Gasteiger partial charge in [-0.1, -0.05) is 12.1 Å². The van der Waals surface area contributed by atoms with Crippen LogP contribution in [-0.2, 0) is 20.0 Å². The lowest BCUT2D eigenvalue weighted by atomic mass is 10.1. The zero-order valence-corrected chi connectivity index (χ0v) is 16.9. The Kier molecular flexibility index (Phi) is 4.40. The van der Waals surface area contributed by atoms with Crippen LogP contribution in [0.25, 0.3) is 21.3 Å². The molecule has 0 spiro atoms. The van der Waals surface area contributed by atoms with Gasteiger partial charge in [-0.05, 0) is 17.7 Å². The maximum absolute atomic E-state index is 13.0. The molecule has 0 bridgehead atoms. The van der Waals surface area contributed by atoms with Gasteiger partial charge in [-0.2, -0.15) is 10.2 Å². The highest BCUT2D eigenvalue weighted by atomic mass is 32.1. The fraction of sp³-hybridized carbons (Fsp3) is 0.150. The van der Waals surface area contributed by atoms with Crippen LogP contribution < -0.4 is 5.32 Å². The van der Waals surface area contributed by atoms with Gasteiger partial charge in [-0.3, -0.25) is 15.0 Å². The highest BCUT2D eigenvalue weighted by Gasteiger charge is 2.23. The van der Waals surface area contributed by atoms with E-state index in [1.165, 1.54) is 17.6 Å². The molecule has 4 heterocycles. The van der Waals surface area contributed by atoms with E-state index in [4.69, 9.17) is 5.41 Å². The lowest BCUT2D eigenvalue weighted by Gasteiger charge is -2.08. The van der Waals surface area contributed by atoms with Crippen molar-refractivity contribution < 1.29 is 4.79 Å². The summed E-state index contributed by atoms with van der Waals surface area (Å²) in [5, 5.41) is 26.6. The average molecular weight is 418 g/mol. The van der Waals surface area contributed by atoms with E-state index in [1.54, 1.807) is 24.0 Å². The van der Waals surface area contributed by atoms with Crippen molar-refractivity contribution in [3.63, 3.8) is 0 Å². The molecule has 0 aliphatic carbocycles. The number of aromatic amines is 2. The van der Waals surface area contributed by atoms with Gasteiger partial charge in [0.05, 0.1) is 16.4 Å². The summed E-state index contributed by atoms with van der Waals surface area (Å²) in [6, 6.07) is 7.73. The lowest BCUT2D eigenvalue weighted by molar-refractivity contribution is 0.0943. The molecule has 4 aromatic heterocycles. The third-order valence-electron chi connectivity index (χ3n) is 5.08. The predicted octanol–water partition coefficient (Wildman–Crippen LogP) is 2.75. The van der Waals surface area contributed by atoms with Gasteiger partial charge in [0.2, 0.25) is 0 Å². The van der Waals surface area contributed by atoms with E-state index in [0.29, 0.717) is 29.9 Å². The number of aryl methyl sites for hydroxylation is 1. The van der Waals surface area contributed by atoms with E-state index in [0.717, 1.165) is 31.9 Å². The summed E-state index contributed by atoms with van der Waals surface area (Å²) >= 11 is 1.49. The van der Waals surface area contributed by atoms with Gasteiger partial charge in [0.1, 0.15) is 10.7 Å². The molecule has 0 radical (unpaired) electrons. The van der Waals surface area contributed by atoms with Crippen molar-refractivity contribution in [3.05, 3.63) is 64.2 Å². The molecule has 10 heteroatoms. The van der Waals surface area contributed by atoms with Crippen molar-refractivity contribution in [1.29, 1.82) is 5.41 Å². The summed E-state index contributed by atoms with van der Waals surface area (Å²) in [6.45, 7) is 0.366. The van der Waals surface area contributed by atoms with Gasteiger partial charge in [0.15, 0.2) is 5.65 Å². The second-order valence-electron chi connectivity index (χ2n) is 6.92. The Labute approximate surface area is 174 Å². The van der Waals surface area contributed by atoms with Gasteiger partial charge in [-0.25, -0.2) is 4.98 Å². The summed E-state index contributed by atoms with van der Waals surface area (Å²) in [5.74, 6) is -0.239. The van der Waals surface area contributed by atoms with Crippen LogP contribution in [0.1, 0.15) is 32.3 Å². The van der Waals surface area contributed by atoms with Crippen LogP contribution in [0.4, 0.5) is 0 Å². The van der Waals surface area contributed by atoms with E-state index in [-0.39, 0.29) is 5.91 Å². The van der Waals surface area contributed by atoms with E-state index in [9.17, 15) is 4.79 Å². The SMILES string of the molecule is Cn1c(C(=O)NCc2cccc3[nH]ncc23)c(C=N)c2sc(Cc3ccn[nH]3)nc21. The van der Waals surface area contributed by atoms with Gasteiger partial charge >= 0.3 is 0 Å². The number of fused-ring (bicyclic) bond motifs is 2. The van der Waals surface area contributed by atoms with Crippen LogP contribution >= 0.6 is 11.3 Å². The summed E-state index contributed by atoms with van der Waals surface area (Å²) in [5.41, 5.74) is 4.59. The van der Waals surface area contributed by atoms with Crippen molar-refractivity contribution in [2.45, 2.75) is 13.0 Å². The molecule has 30 heavy (non-hydrogen) atoms. The number of carbonyl (C=O) groups is 1. The minimum absolute atomic E-state index is 0.239. The smallest absolute Gasteiger partial charge is 0.268 e. The minimum Gasteiger partial charge on any atom is -0.347 e. The monoisotopic (exact) mass is 418 g/mol. The average Bonchev–Trinajstić information content (AvgIpc) is 3.52. The fourth-order valence-corrected chi connectivity index (χ4v) is 4.76. The summed E-state index contributed by atoms with van der Waals surface area (Å²) in [6.07, 6.45) is 5.32. The second-order valence-corrected chi connectivity index (χ2v) is 8.00. The van der Waals surface area contributed by atoms with Crippen molar-refractivity contribution in [3.8, 4) is 0 Å². The normalized spacial score (nSPS) is 11.4. The number of nitrogens with one attached hydrogen (secondary N) is 4. The van der Waals surface area contributed by atoms with Crippen LogP contribution in [0.5, 0.6) is 0 Å². The van der Waals surface area contributed by atoms with E-state index in [2.05, 4.69) is 30.7 Å². The fourth-order valence-electron chi connectivity index (χ4n) is 3.62. The number of hydrogen-bond acceptors (Lipinski definition) is 6. The third-order valence-corrected chi connectivity index (χ3v) is 6.16. The number of amides is 1. The largest absolute Gasteiger partial charge is 0.347 e. The molecule has 5 aromatic rings. The minimum atomic E-state index is -0.239. The van der Waals surface area contributed by atoms with Crippen molar-refractivity contribution in [1.82, 2.24) is 35.3 Å². The lowest BCUT2D eigenvalue weighted by Crippen LogP contribution is -2.26. The quantitative estimate of drug-likeness (QED) is 0.316. The molecule has 0 saturated heterocycles. The van der Waals surface area contributed by atoms with Crippen LogP contribution in [-0.4, -0.2) is 42.1 Å². The first-order valence-corrected chi connectivity index (χ1v) is 10.1. The zero-order valence-electron chi connectivity index (χ0n) is 16.1. The molecule has 0 aliphatic rings. The van der Waals surface area contributed by atoms with E-state index >= 15 is 0 Å². The number of benzene rings is 1. The molecule has 0 unspecified atom stereocenters. The molecule has 0 fully saturated rings. The molecular weight excluding hydrogens is 400 g/mol. The number of carbonyl (C=O) groups excluding carboxylic acids is 1. The molecule has 0 aliphatic heterocycles. The van der Waals surface area contributed by atoms with Crippen molar-refractivity contribution >= 4 is 44.7 Å². The molecule has 5 rings (SSSR count). The van der Waals surface area contributed by atoms with Gasteiger partial charge in [0.25, 0.3) is 5.91 Å². The Morgan fingerprint density at radius 2 is 2.20 bits per heavy atom. The Morgan fingerprint density at radius 3 is 3.00 bits per heavy atom. The van der Waals surface area contributed by atoms with Gasteiger partial charge in [-0.15, -0.1) is 11.3 Å². The summed E-state index contributed by atoms with van der Waals surface area (Å²) < 4.78 is 2.60. The molecule has 9 nitrogen and oxygen atoms in total. The first-order chi connectivity index (χ1) is 14.7. The molecule has 4 N–H and O–H groups in total. The molecule has 0 saturated carbocycles. The number of H-pyrrole nitrogens is 2. The Balaban J connectivity index is 1.43. The highest BCUT2D eigenvalue weighted by molar-refractivity contribution is 7.19. The van der Waals surface area contributed by atoms with Crippen molar-refractivity contribution in [2.75, 3.05) is 0 Å².